The Morgan fingerprint density at radius 1 is 0.338 bits per heavy atom. The fourth-order valence-electron chi connectivity index (χ4n) is 6.66. The van der Waals surface area contributed by atoms with Crippen molar-refractivity contribution in [2.24, 2.45) is 0 Å². The molecule has 0 aliphatic heterocycles. The smallest absolute Gasteiger partial charge is 0.306 e. The number of rotatable bonds is 45. The summed E-state index contributed by atoms with van der Waals surface area (Å²) in [5.74, 6) is -1.03. The van der Waals surface area contributed by atoms with Crippen molar-refractivity contribution in [3.63, 3.8) is 0 Å². The highest BCUT2D eigenvalue weighted by molar-refractivity contribution is 5.71. The van der Waals surface area contributed by atoms with Gasteiger partial charge in [0.05, 0.1) is 0 Å². The standard InChI is InChI=1S/C59H94O6/c1-4-7-10-13-16-19-22-25-27-29-31-34-37-40-43-46-49-52-58(61)64-55-56(54-63-57(60)51-48-45-42-39-36-33-24-21-18-15-12-9-6-3)65-59(62)53-50-47-44-41-38-35-32-30-28-26-23-20-17-14-11-8-5-2/h7,9-10,12,15-16,18-19,21,24-28,31,33-34,36,40,43,56H,4-6,8,11,13-14,17,20,22-23,29-30,32,35,37-39,41-42,44-55H2,1-3H3/b10-7+,12-9+,18-15+,19-16+,24-21+,27-25+,28-26+,34-31+,36-33+,43-40+. The van der Waals surface area contributed by atoms with Gasteiger partial charge in [-0.15, -0.1) is 0 Å². The molecule has 0 amide bonds. The Bertz CT molecular complexity index is 1400. The number of hydrogen-bond acceptors (Lipinski definition) is 6. The van der Waals surface area contributed by atoms with Gasteiger partial charge in [-0.2, -0.15) is 0 Å². The summed E-state index contributed by atoms with van der Waals surface area (Å²) >= 11 is 0. The molecule has 0 spiro atoms. The summed E-state index contributed by atoms with van der Waals surface area (Å²) < 4.78 is 16.7. The van der Waals surface area contributed by atoms with Gasteiger partial charge in [0.1, 0.15) is 13.2 Å². The van der Waals surface area contributed by atoms with Crippen LogP contribution in [0, 0.1) is 0 Å². The molecular weight excluding hydrogens is 805 g/mol. The third-order valence-electron chi connectivity index (χ3n) is 10.5. The first-order chi connectivity index (χ1) is 32.0. The number of hydrogen-bond donors (Lipinski definition) is 0. The number of carbonyl (C=O) groups excluding carboxylic acids is 3. The molecule has 0 aromatic rings. The Labute approximate surface area is 399 Å². The molecule has 0 aromatic carbocycles. The fraction of sp³-hybridized carbons (Fsp3) is 0.610. The van der Waals surface area contributed by atoms with E-state index in [1.807, 2.05) is 36.5 Å². The number of allylic oxidation sites excluding steroid dienone is 20. The van der Waals surface area contributed by atoms with E-state index in [1.165, 1.54) is 77.0 Å². The molecule has 0 saturated heterocycles. The van der Waals surface area contributed by atoms with Gasteiger partial charge in [-0.3, -0.25) is 14.4 Å². The van der Waals surface area contributed by atoms with E-state index in [-0.39, 0.29) is 37.5 Å². The second kappa shape index (κ2) is 52.4. The normalized spacial score (nSPS) is 13.1. The van der Waals surface area contributed by atoms with Crippen molar-refractivity contribution >= 4 is 17.9 Å². The predicted molar refractivity (Wildman–Crippen MR) is 279 cm³/mol. The maximum atomic E-state index is 12.8. The van der Waals surface area contributed by atoms with Gasteiger partial charge in [-0.25, -0.2) is 0 Å². The lowest BCUT2D eigenvalue weighted by Gasteiger charge is -2.18. The van der Waals surface area contributed by atoms with Crippen LogP contribution < -0.4 is 0 Å². The van der Waals surface area contributed by atoms with Gasteiger partial charge in [0.15, 0.2) is 6.10 Å². The Kier molecular flexibility index (Phi) is 49.1. The molecule has 0 saturated carbocycles. The summed E-state index contributed by atoms with van der Waals surface area (Å²) in [6, 6.07) is 0. The average Bonchev–Trinajstić information content (AvgIpc) is 3.30. The van der Waals surface area contributed by atoms with Crippen molar-refractivity contribution in [1.29, 1.82) is 0 Å². The first kappa shape index (κ1) is 60.8. The van der Waals surface area contributed by atoms with E-state index < -0.39 is 6.10 Å². The monoisotopic (exact) mass is 899 g/mol. The SMILES string of the molecule is CC/C=C/C=C/C=C/C=C/CCCCCC(=O)OCC(COC(=O)CCC/C=C/C/C=C/C/C=C/C/C=C/C/C=C/CC)OC(=O)CCCCCCCCC/C=C/CCCCCCCC. The lowest BCUT2D eigenvalue weighted by Crippen LogP contribution is -2.30. The lowest BCUT2D eigenvalue weighted by molar-refractivity contribution is -0.167. The van der Waals surface area contributed by atoms with Crippen molar-refractivity contribution in [3.05, 3.63) is 122 Å². The van der Waals surface area contributed by atoms with E-state index >= 15 is 0 Å². The molecule has 1 unspecified atom stereocenters. The van der Waals surface area contributed by atoms with E-state index in [4.69, 9.17) is 14.2 Å². The first-order valence-corrected chi connectivity index (χ1v) is 26.1. The lowest BCUT2D eigenvalue weighted by atomic mass is 10.1. The summed E-state index contributed by atoms with van der Waals surface area (Å²) in [6.45, 7) is 6.28. The summed E-state index contributed by atoms with van der Waals surface area (Å²) in [5, 5.41) is 0. The van der Waals surface area contributed by atoms with E-state index in [9.17, 15) is 14.4 Å². The van der Waals surface area contributed by atoms with Crippen LogP contribution in [0.1, 0.15) is 213 Å². The van der Waals surface area contributed by atoms with Crippen LogP contribution in [0.2, 0.25) is 0 Å². The highest BCUT2D eigenvalue weighted by Gasteiger charge is 2.19. The third-order valence-corrected chi connectivity index (χ3v) is 10.5. The zero-order chi connectivity index (χ0) is 47.2. The minimum absolute atomic E-state index is 0.121. The number of esters is 3. The highest BCUT2D eigenvalue weighted by Crippen LogP contribution is 2.13. The van der Waals surface area contributed by atoms with E-state index in [0.717, 1.165) is 89.9 Å². The predicted octanol–water partition coefficient (Wildman–Crippen LogP) is 17.3. The molecule has 0 N–H and O–H groups in total. The van der Waals surface area contributed by atoms with Crippen LogP contribution in [0.5, 0.6) is 0 Å². The molecule has 6 nitrogen and oxygen atoms in total. The maximum absolute atomic E-state index is 12.8. The summed E-state index contributed by atoms with van der Waals surface area (Å²) in [5.41, 5.74) is 0. The van der Waals surface area contributed by atoms with E-state index in [2.05, 4.69) is 106 Å². The molecule has 366 valence electrons. The molecule has 0 aliphatic rings. The fourth-order valence-corrected chi connectivity index (χ4v) is 6.66. The van der Waals surface area contributed by atoms with Crippen molar-refractivity contribution in [2.75, 3.05) is 13.2 Å². The molecule has 0 rings (SSSR count). The van der Waals surface area contributed by atoms with Crippen LogP contribution in [-0.2, 0) is 28.6 Å². The summed E-state index contributed by atoms with van der Waals surface area (Å²) in [6.07, 6.45) is 71.9. The average molecular weight is 899 g/mol. The summed E-state index contributed by atoms with van der Waals surface area (Å²) in [4.78, 5) is 38.0. The van der Waals surface area contributed by atoms with Crippen molar-refractivity contribution in [2.45, 2.75) is 219 Å². The quantitative estimate of drug-likeness (QED) is 0.0199. The summed E-state index contributed by atoms with van der Waals surface area (Å²) in [7, 11) is 0. The van der Waals surface area contributed by atoms with Gasteiger partial charge in [-0.1, -0.05) is 213 Å². The van der Waals surface area contributed by atoms with Crippen LogP contribution >= 0.6 is 0 Å². The van der Waals surface area contributed by atoms with Gasteiger partial charge in [0, 0.05) is 19.3 Å². The molecule has 65 heavy (non-hydrogen) atoms. The van der Waals surface area contributed by atoms with Crippen molar-refractivity contribution < 1.29 is 28.6 Å². The highest BCUT2D eigenvalue weighted by atomic mass is 16.6. The Morgan fingerprint density at radius 2 is 0.692 bits per heavy atom. The van der Waals surface area contributed by atoms with Crippen LogP contribution in [0.3, 0.4) is 0 Å². The molecule has 0 aromatic heterocycles. The number of carbonyl (C=O) groups is 3. The minimum atomic E-state index is -0.822. The van der Waals surface area contributed by atoms with Gasteiger partial charge in [-0.05, 0) is 103 Å². The van der Waals surface area contributed by atoms with Gasteiger partial charge in [0.2, 0.25) is 0 Å². The van der Waals surface area contributed by atoms with Gasteiger partial charge < -0.3 is 14.2 Å². The van der Waals surface area contributed by atoms with Crippen LogP contribution in [0.4, 0.5) is 0 Å². The second-order valence-electron chi connectivity index (χ2n) is 16.8. The number of unbranched alkanes of at least 4 members (excludes halogenated alkanes) is 17. The van der Waals surface area contributed by atoms with Crippen molar-refractivity contribution in [1.82, 2.24) is 0 Å². The molecule has 1 atom stereocenters. The van der Waals surface area contributed by atoms with E-state index in [0.29, 0.717) is 19.3 Å². The Morgan fingerprint density at radius 3 is 1.22 bits per heavy atom. The molecule has 0 fully saturated rings. The first-order valence-electron chi connectivity index (χ1n) is 26.1. The minimum Gasteiger partial charge on any atom is -0.462 e. The maximum Gasteiger partial charge on any atom is 0.306 e. The zero-order valence-corrected chi connectivity index (χ0v) is 41.7. The largest absolute Gasteiger partial charge is 0.462 e. The second-order valence-corrected chi connectivity index (χ2v) is 16.8. The van der Waals surface area contributed by atoms with Gasteiger partial charge in [0.25, 0.3) is 0 Å². The van der Waals surface area contributed by atoms with E-state index in [1.54, 1.807) is 0 Å². The Balaban J connectivity index is 4.55. The molecular formula is C59H94O6. The third kappa shape index (κ3) is 50.7. The Hall–Kier alpha value is -4.19. The number of ether oxygens (including phenoxy) is 3. The van der Waals surface area contributed by atoms with Crippen molar-refractivity contribution in [3.8, 4) is 0 Å². The topological polar surface area (TPSA) is 78.9 Å². The molecule has 0 aliphatic carbocycles. The van der Waals surface area contributed by atoms with Gasteiger partial charge >= 0.3 is 17.9 Å². The molecule has 0 heterocycles. The molecule has 0 bridgehead atoms. The zero-order valence-electron chi connectivity index (χ0n) is 41.7. The van der Waals surface area contributed by atoms with Crippen LogP contribution in [-0.4, -0.2) is 37.2 Å². The molecule has 6 heteroatoms. The molecule has 0 radical (unpaired) electrons. The van der Waals surface area contributed by atoms with Crippen LogP contribution in [0.15, 0.2) is 122 Å². The van der Waals surface area contributed by atoms with Crippen LogP contribution in [0.25, 0.3) is 0 Å².